The summed E-state index contributed by atoms with van der Waals surface area (Å²) in [6, 6.07) is 5.00. The zero-order valence-corrected chi connectivity index (χ0v) is 14.8. The van der Waals surface area contributed by atoms with Crippen molar-refractivity contribution in [3.8, 4) is 0 Å². The van der Waals surface area contributed by atoms with Crippen LogP contribution in [0.25, 0.3) is 0 Å². The van der Waals surface area contributed by atoms with Crippen molar-refractivity contribution in [2.24, 2.45) is 0 Å². The quantitative estimate of drug-likeness (QED) is 0.504. The van der Waals surface area contributed by atoms with E-state index in [0.717, 1.165) is 0 Å². The molecular weight excluding hydrogens is 421 g/mol. The lowest BCUT2D eigenvalue weighted by Crippen LogP contribution is -2.26. The van der Waals surface area contributed by atoms with Gasteiger partial charge in [0.05, 0.1) is 11.5 Å². The molecule has 0 heterocycles. The van der Waals surface area contributed by atoms with E-state index in [2.05, 4.69) is 36.6 Å². The van der Waals surface area contributed by atoms with E-state index in [0.29, 0.717) is 41.0 Å². The molecule has 0 saturated heterocycles. The Morgan fingerprint density at radius 3 is 2.68 bits per heavy atom. The van der Waals surface area contributed by atoms with Crippen LogP contribution in [0.3, 0.4) is 0 Å². The van der Waals surface area contributed by atoms with Gasteiger partial charge < -0.3 is 4.74 Å². The predicted molar refractivity (Wildman–Crippen MR) is 83.2 cm³/mol. The van der Waals surface area contributed by atoms with Crippen molar-refractivity contribution >= 4 is 53.5 Å². The molecule has 0 saturated carbocycles. The molecule has 108 valence electrons. The molecule has 1 rings (SSSR count). The molecule has 1 aromatic rings. The highest BCUT2D eigenvalue weighted by molar-refractivity contribution is 9.11. The second kappa shape index (κ2) is 8.59. The highest BCUT2D eigenvalue weighted by atomic mass is 79.9. The number of sulfonamides is 1. The molecule has 0 unspecified atom stereocenters. The summed E-state index contributed by atoms with van der Waals surface area (Å²) < 4.78 is 33.1. The monoisotopic (exact) mass is 433 g/mol. The maximum Gasteiger partial charge on any atom is 0.241 e. The van der Waals surface area contributed by atoms with Crippen molar-refractivity contribution in [1.29, 1.82) is 0 Å². The van der Waals surface area contributed by atoms with Gasteiger partial charge in [-0.05, 0) is 40.5 Å². The van der Waals surface area contributed by atoms with Gasteiger partial charge in [0, 0.05) is 28.0 Å². The highest BCUT2D eigenvalue weighted by Crippen LogP contribution is 2.25. The molecule has 4 nitrogen and oxygen atoms in total. The maximum absolute atomic E-state index is 12.1. The van der Waals surface area contributed by atoms with Gasteiger partial charge in [-0.1, -0.05) is 15.9 Å². The van der Waals surface area contributed by atoms with Gasteiger partial charge in [0.2, 0.25) is 10.0 Å². The van der Waals surface area contributed by atoms with Crippen molar-refractivity contribution in [3.05, 3.63) is 27.1 Å². The van der Waals surface area contributed by atoms with Gasteiger partial charge in [0.1, 0.15) is 0 Å². The molecule has 0 radical (unpaired) electrons. The summed E-state index contributed by atoms with van der Waals surface area (Å²) in [6.07, 6.45) is 0.599. The van der Waals surface area contributed by atoms with Gasteiger partial charge in [-0.15, -0.1) is 11.6 Å². The van der Waals surface area contributed by atoms with Crippen molar-refractivity contribution in [1.82, 2.24) is 4.72 Å². The molecule has 0 fully saturated rings. The van der Waals surface area contributed by atoms with E-state index in [4.69, 9.17) is 16.3 Å². The van der Waals surface area contributed by atoms with Gasteiger partial charge in [0.25, 0.3) is 0 Å². The average Bonchev–Trinajstić information content (AvgIpc) is 2.36. The van der Waals surface area contributed by atoms with Crippen LogP contribution in [-0.2, 0) is 14.8 Å². The summed E-state index contributed by atoms with van der Waals surface area (Å²) in [5, 5.41) is 0. The Labute approximate surface area is 135 Å². The smallest absolute Gasteiger partial charge is 0.241 e. The van der Waals surface area contributed by atoms with Crippen LogP contribution in [0, 0.1) is 0 Å². The number of benzene rings is 1. The van der Waals surface area contributed by atoms with Crippen LogP contribution in [0.4, 0.5) is 0 Å². The molecule has 0 bridgehead atoms. The molecule has 0 aliphatic carbocycles. The molecule has 1 aromatic carbocycles. The fourth-order valence-corrected chi connectivity index (χ4v) is 3.98. The Morgan fingerprint density at radius 2 is 2.00 bits per heavy atom. The SMILES string of the molecule is O=S(=O)(NCCCOCCCl)c1cc(Br)ccc1Br. The van der Waals surface area contributed by atoms with Crippen molar-refractivity contribution in [2.75, 3.05) is 25.6 Å². The third-order valence-corrected chi connectivity index (χ3v) is 5.26. The number of halogens is 3. The van der Waals surface area contributed by atoms with Crippen molar-refractivity contribution in [2.45, 2.75) is 11.3 Å². The Kier molecular flexibility index (Phi) is 7.86. The lowest BCUT2D eigenvalue weighted by Gasteiger charge is -2.09. The van der Waals surface area contributed by atoms with Crippen LogP contribution in [0.15, 0.2) is 32.0 Å². The fraction of sp³-hybridized carbons (Fsp3) is 0.455. The molecule has 0 spiro atoms. The predicted octanol–water partition coefficient (Wildman–Crippen LogP) is 3.14. The zero-order chi connectivity index (χ0) is 14.3. The first-order valence-electron chi connectivity index (χ1n) is 5.56. The van der Waals surface area contributed by atoms with Crippen LogP contribution in [-0.4, -0.2) is 34.1 Å². The van der Waals surface area contributed by atoms with Gasteiger partial charge in [-0.3, -0.25) is 0 Å². The molecule has 19 heavy (non-hydrogen) atoms. The third kappa shape index (κ3) is 6.10. The van der Waals surface area contributed by atoms with E-state index in [9.17, 15) is 8.42 Å². The number of ether oxygens (including phenoxy) is 1. The van der Waals surface area contributed by atoms with E-state index < -0.39 is 10.0 Å². The minimum absolute atomic E-state index is 0.212. The third-order valence-electron chi connectivity index (χ3n) is 2.16. The Hall–Kier alpha value is 0.340. The van der Waals surface area contributed by atoms with Gasteiger partial charge >= 0.3 is 0 Å². The average molecular weight is 436 g/mol. The topological polar surface area (TPSA) is 55.4 Å². The lowest BCUT2D eigenvalue weighted by atomic mass is 10.4. The van der Waals surface area contributed by atoms with Gasteiger partial charge in [-0.2, -0.15) is 0 Å². The molecular formula is C11H14Br2ClNO3S. The molecule has 8 heteroatoms. The van der Waals surface area contributed by atoms with E-state index in [-0.39, 0.29) is 4.90 Å². The molecule has 0 aromatic heterocycles. The standard InChI is InChI=1S/C11H14Br2ClNO3S/c12-9-2-3-10(13)11(8-9)19(16,17)15-5-1-6-18-7-4-14/h2-3,8,15H,1,4-7H2. The Bertz CT molecular complexity index is 511. The van der Waals surface area contributed by atoms with E-state index in [1.54, 1.807) is 18.2 Å². The van der Waals surface area contributed by atoms with Crippen LogP contribution in [0.2, 0.25) is 0 Å². The van der Waals surface area contributed by atoms with Crippen molar-refractivity contribution in [3.63, 3.8) is 0 Å². The Balaban J connectivity index is 2.54. The number of rotatable bonds is 8. The minimum atomic E-state index is -3.51. The van der Waals surface area contributed by atoms with Crippen LogP contribution < -0.4 is 4.72 Å². The maximum atomic E-state index is 12.1. The summed E-state index contributed by atoms with van der Waals surface area (Å²) in [4.78, 5) is 0.212. The van der Waals surface area contributed by atoms with Gasteiger partial charge in [0.15, 0.2) is 0 Å². The number of hydrogen-bond donors (Lipinski definition) is 1. The molecule has 0 aliphatic rings. The second-order valence-electron chi connectivity index (χ2n) is 3.63. The highest BCUT2D eigenvalue weighted by Gasteiger charge is 2.17. The van der Waals surface area contributed by atoms with Crippen LogP contribution >= 0.6 is 43.5 Å². The van der Waals surface area contributed by atoms with E-state index in [1.165, 1.54) is 0 Å². The van der Waals surface area contributed by atoms with Crippen LogP contribution in [0.5, 0.6) is 0 Å². The summed E-state index contributed by atoms with van der Waals surface area (Å²) >= 11 is 11.9. The molecule has 1 N–H and O–H groups in total. The largest absolute Gasteiger partial charge is 0.380 e. The Morgan fingerprint density at radius 1 is 1.26 bits per heavy atom. The first-order chi connectivity index (χ1) is 8.97. The fourth-order valence-electron chi connectivity index (χ4n) is 1.30. The second-order valence-corrected chi connectivity index (χ2v) is 7.51. The first-order valence-corrected chi connectivity index (χ1v) is 9.16. The minimum Gasteiger partial charge on any atom is -0.380 e. The molecule has 0 aliphatic heterocycles. The zero-order valence-electron chi connectivity index (χ0n) is 10.0. The lowest BCUT2D eigenvalue weighted by molar-refractivity contribution is 0.147. The molecule has 0 amide bonds. The van der Waals surface area contributed by atoms with E-state index >= 15 is 0 Å². The summed E-state index contributed by atoms with van der Waals surface area (Å²) in [5.41, 5.74) is 0. The normalized spacial score (nSPS) is 11.7. The number of hydrogen-bond acceptors (Lipinski definition) is 3. The van der Waals surface area contributed by atoms with Crippen LogP contribution in [0.1, 0.15) is 6.42 Å². The summed E-state index contributed by atoms with van der Waals surface area (Å²) in [6.45, 7) is 1.28. The summed E-state index contributed by atoms with van der Waals surface area (Å²) in [5.74, 6) is 0.441. The van der Waals surface area contributed by atoms with Gasteiger partial charge in [-0.25, -0.2) is 13.1 Å². The first kappa shape index (κ1) is 17.4. The van der Waals surface area contributed by atoms with E-state index in [1.807, 2.05) is 0 Å². The summed E-state index contributed by atoms with van der Waals surface area (Å²) in [7, 11) is -3.51. The number of nitrogens with one attached hydrogen (secondary N) is 1. The van der Waals surface area contributed by atoms with Crippen molar-refractivity contribution < 1.29 is 13.2 Å². The molecule has 0 atom stereocenters. The number of alkyl halides is 1.